The highest BCUT2D eigenvalue weighted by atomic mass is 16.5. The fourth-order valence-electron chi connectivity index (χ4n) is 2.07. The average Bonchev–Trinajstić information content (AvgIpc) is 3.19. The Kier molecular flexibility index (Phi) is 7.54. The van der Waals surface area contributed by atoms with Crippen molar-refractivity contribution in [2.24, 2.45) is 11.8 Å². The van der Waals surface area contributed by atoms with Crippen molar-refractivity contribution in [3.8, 4) is 0 Å². The number of rotatable bonds is 10. The number of methoxy groups -OCH3 is 1. The number of carbonyl (C=O) groups is 2. The summed E-state index contributed by atoms with van der Waals surface area (Å²) in [6, 6.07) is 0. The van der Waals surface area contributed by atoms with Crippen molar-refractivity contribution in [2.75, 3.05) is 47.4 Å². The molecule has 0 saturated heterocycles. The molecule has 0 aliphatic heterocycles. The van der Waals surface area contributed by atoms with Gasteiger partial charge in [0, 0.05) is 26.8 Å². The number of nitrogens with zero attached hydrogens (tertiary/aromatic N) is 1. The zero-order valence-electron chi connectivity index (χ0n) is 12.8. The van der Waals surface area contributed by atoms with E-state index in [0.717, 1.165) is 19.4 Å². The Morgan fingerprint density at radius 2 is 1.65 bits per heavy atom. The summed E-state index contributed by atoms with van der Waals surface area (Å²) in [5.74, 6) is -0.251. The molecule has 1 rings (SSSR count). The monoisotopic (exact) mass is 285 g/mol. The van der Waals surface area contributed by atoms with Crippen LogP contribution in [0.1, 0.15) is 19.3 Å². The molecule has 0 bridgehead atoms. The first-order valence-electron chi connectivity index (χ1n) is 7.25. The van der Waals surface area contributed by atoms with Gasteiger partial charge in [-0.15, -0.1) is 0 Å². The third-order valence-electron chi connectivity index (χ3n) is 3.37. The Morgan fingerprint density at radius 3 is 2.15 bits per heavy atom. The minimum absolute atomic E-state index is 0.00505. The molecule has 1 aliphatic rings. The Morgan fingerprint density at radius 1 is 1.10 bits per heavy atom. The van der Waals surface area contributed by atoms with E-state index in [2.05, 4.69) is 15.5 Å². The van der Waals surface area contributed by atoms with Crippen LogP contribution in [-0.2, 0) is 14.3 Å². The smallest absolute Gasteiger partial charge is 0.223 e. The fraction of sp³-hybridized carbons (Fsp3) is 0.857. The highest BCUT2D eigenvalue weighted by molar-refractivity contribution is 5.92. The zero-order valence-corrected chi connectivity index (χ0v) is 12.8. The molecule has 2 unspecified atom stereocenters. The van der Waals surface area contributed by atoms with Crippen LogP contribution in [0.25, 0.3) is 0 Å². The van der Waals surface area contributed by atoms with Gasteiger partial charge in [0.2, 0.25) is 11.8 Å². The molecular formula is C14H27N3O3. The summed E-state index contributed by atoms with van der Waals surface area (Å²) < 4.78 is 4.91. The molecule has 1 fully saturated rings. The maximum atomic E-state index is 11.8. The summed E-state index contributed by atoms with van der Waals surface area (Å²) in [5, 5.41) is 5.74. The minimum atomic E-state index is -0.133. The summed E-state index contributed by atoms with van der Waals surface area (Å²) in [7, 11) is 5.65. The molecule has 0 radical (unpaired) electrons. The first-order valence-corrected chi connectivity index (χ1v) is 7.25. The second-order valence-electron chi connectivity index (χ2n) is 5.53. The van der Waals surface area contributed by atoms with Crippen molar-refractivity contribution in [3.05, 3.63) is 0 Å². The van der Waals surface area contributed by atoms with Gasteiger partial charge in [-0.05, 0) is 39.9 Å². The highest BCUT2D eigenvalue weighted by Gasteiger charge is 2.47. The lowest BCUT2D eigenvalue weighted by Gasteiger charge is -2.09. The van der Waals surface area contributed by atoms with Gasteiger partial charge in [-0.2, -0.15) is 0 Å². The van der Waals surface area contributed by atoms with Crippen LogP contribution in [0.5, 0.6) is 0 Å². The third kappa shape index (κ3) is 6.34. The molecule has 0 aromatic heterocycles. The molecule has 2 amide bonds. The van der Waals surface area contributed by atoms with Crippen molar-refractivity contribution in [2.45, 2.75) is 19.3 Å². The molecule has 116 valence electrons. The van der Waals surface area contributed by atoms with Crippen molar-refractivity contribution < 1.29 is 14.3 Å². The van der Waals surface area contributed by atoms with Gasteiger partial charge in [0.05, 0.1) is 11.8 Å². The number of carbonyl (C=O) groups excluding carboxylic acids is 2. The first-order chi connectivity index (χ1) is 9.56. The van der Waals surface area contributed by atoms with Gasteiger partial charge in [0.15, 0.2) is 0 Å². The SMILES string of the molecule is COCCCNC(=O)C1CC1C(=O)NCCCN(C)C. The van der Waals surface area contributed by atoms with Crippen molar-refractivity contribution in [1.29, 1.82) is 0 Å². The summed E-state index contributed by atoms with van der Waals surface area (Å²) in [5.41, 5.74) is 0. The maximum Gasteiger partial charge on any atom is 0.223 e. The molecule has 6 heteroatoms. The van der Waals surface area contributed by atoms with E-state index < -0.39 is 0 Å². The van der Waals surface area contributed by atoms with E-state index in [-0.39, 0.29) is 23.7 Å². The summed E-state index contributed by atoms with van der Waals surface area (Å²) >= 11 is 0. The Labute approximate surface area is 121 Å². The summed E-state index contributed by atoms with van der Waals surface area (Å²) in [6.45, 7) is 2.88. The maximum absolute atomic E-state index is 11.8. The van der Waals surface area contributed by atoms with E-state index >= 15 is 0 Å². The van der Waals surface area contributed by atoms with Crippen molar-refractivity contribution >= 4 is 11.8 Å². The lowest BCUT2D eigenvalue weighted by molar-refractivity contribution is -0.127. The molecule has 0 heterocycles. The molecule has 2 N–H and O–H groups in total. The summed E-state index contributed by atoms with van der Waals surface area (Å²) in [4.78, 5) is 25.7. The number of nitrogens with one attached hydrogen (secondary N) is 2. The van der Waals surface area contributed by atoms with Crippen LogP contribution in [0.4, 0.5) is 0 Å². The predicted molar refractivity (Wildman–Crippen MR) is 77.3 cm³/mol. The average molecular weight is 285 g/mol. The summed E-state index contributed by atoms with van der Waals surface area (Å²) in [6.07, 6.45) is 2.41. The molecule has 0 aromatic carbocycles. The minimum Gasteiger partial charge on any atom is -0.385 e. The van der Waals surface area contributed by atoms with Gasteiger partial charge < -0.3 is 20.3 Å². The van der Waals surface area contributed by atoms with E-state index in [0.29, 0.717) is 26.1 Å². The van der Waals surface area contributed by atoms with E-state index in [1.165, 1.54) is 0 Å². The van der Waals surface area contributed by atoms with Gasteiger partial charge in [-0.25, -0.2) is 0 Å². The fourth-order valence-corrected chi connectivity index (χ4v) is 2.07. The van der Waals surface area contributed by atoms with Gasteiger partial charge in [0.25, 0.3) is 0 Å². The Hall–Kier alpha value is -1.14. The lowest BCUT2D eigenvalue weighted by atomic mass is 10.2. The molecule has 6 nitrogen and oxygen atoms in total. The molecule has 1 saturated carbocycles. The van der Waals surface area contributed by atoms with Gasteiger partial charge in [0.1, 0.15) is 0 Å². The van der Waals surface area contributed by atoms with E-state index in [9.17, 15) is 9.59 Å². The van der Waals surface area contributed by atoms with Gasteiger partial charge in [-0.3, -0.25) is 9.59 Å². The predicted octanol–water partition coefficient (Wildman–Crippen LogP) is -0.157. The first kappa shape index (κ1) is 16.9. The van der Waals surface area contributed by atoms with Crippen LogP contribution in [0.15, 0.2) is 0 Å². The normalized spacial score (nSPS) is 20.8. The van der Waals surface area contributed by atoms with Crippen LogP contribution in [0.2, 0.25) is 0 Å². The third-order valence-corrected chi connectivity index (χ3v) is 3.37. The van der Waals surface area contributed by atoms with E-state index in [1.807, 2.05) is 14.1 Å². The quantitative estimate of drug-likeness (QED) is 0.547. The number of hydrogen-bond acceptors (Lipinski definition) is 4. The van der Waals surface area contributed by atoms with Gasteiger partial charge in [-0.1, -0.05) is 0 Å². The lowest BCUT2D eigenvalue weighted by Crippen LogP contribution is -2.32. The van der Waals surface area contributed by atoms with E-state index in [1.54, 1.807) is 7.11 Å². The molecule has 20 heavy (non-hydrogen) atoms. The van der Waals surface area contributed by atoms with Gasteiger partial charge >= 0.3 is 0 Å². The Bertz CT molecular complexity index is 321. The molecule has 2 atom stereocenters. The van der Waals surface area contributed by atoms with Crippen molar-refractivity contribution in [3.63, 3.8) is 0 Å². The van der Waals surface area contributed by atoms with Crippen LogP contribution >= 0.6 is 0 Å². The zero-order chi connectivity index (χ0) is 15.0. The second kappa shape index (κ2) is 8.92. The molecule has 0 spiro atoms. The Balaban J connectivity index is 2.08. The standard InChI is InChI=1S/C14H27N3O3/c1-17(2)8-4-6-15-13(18)11-10-12(11)14(19)16-7-5-9-20-3/h11-12H,4-10H2,1-3H3,(H,15,18)(H,16,19). The van der Waals surface area contributed by atoms with Crippen LogP contribution in [0, 0.1) is 11.8 Å². The van der Waals surface area contributed by atoms with Crippen LogP contribution < -0.4 is 10.6 Å². The molecular weight excluding hydrogens is 258 g/mol. The molecule has 1 aliphatic carbocycles. The highest BCUT2D eigenvalue weighted by Crippen LogP contribution is 2.38. The van der Waals surface area contributed by atoms with Crippen LogP contribution in [0.3, 0.4) is 0 Å². The number of hydrogen-bond donors (Lipinski definition) is 2. The number of ether oxygens (including phenoxy) is 1. The topological polar surface area (TPSA) is 70.7 Å². The second-order valence-corrected chi connectivity index (χ2v) is 5.53. The van der Waals surface area contributed by atoms with Crippen molar-refractivity contribution in [1.82, 2.24) is 15.5 Å². The van der Waals surface area contributed by atoms with E-state index in [4.69, 9.17) is 4.74 Å². The number of amides is 2. The molecule has 0 aromatic rings. The largest absolute Gasteiger partial charge is 0.385 e. The van der Waals surface area contributed by atoms with Crippen LogP contribution in [-0.4, -0.2) is 64.2 Å².